The first-order valence-corrected chi connectivity index (χ1v) is 10.4. The summed E-state index contributed by atoms with van der Waals surface area (Å²) in [6.07, 6.45) is 1.68. The first kappa shape index (κ1) is 20.8. The van der Waals surface area contributed by atoms with Crippen molar-refractivity contribution in [1.29, 1.82) is 0 Å². The maximum Gasteiger partial charge on any atom is 0.293 e. The number of carbonyl (C=O) groups excluding carboxylic acids is 2. The van der Waals surface area contributed by atoms with Crippen LogP contribution in [-0.2, 0) is 11.4 Å². The molecule has 1 saturated heterocycles. The molecule has 0 bridgehead atoms. The molecule has 28 heavy (non-hydrogen) atoms. The van der Waals surface area contributed by atoms with Gasteiger partial charge in [0.25, 0.3) is 11.1 Å². The smallest absolute Gasteiger partial charge is 0.293 e. The predicted molar refractivity (Wildman–Crippen MR) is 115 cm³/mol. The van der Waals surface area contributed by atoms with Crippen molar-refractivity contribution in [2.24, 2.45) is 0 Å². The average Bonchev–Trinajstić information content (AvgIpc) is 2.95. The molecule has 1 fully saturated rings. The van der Waals surface area contributed by atoms with E-state index in [4.69, 9.17) is 21.1 Å². The predicted octanol–water partition coefficient (Wildman–Crippen LogP) is 5.75. The summed E-state index contributed by atoms with van der Waals surface area (Å²) < 4.78 is 12.0. The van der Waals surface area contributed by atoms with Crippen molar-refractivity contribution in [3.8, 4) is 11.5 Å². The normalized spacial score (nSPS) is 15.4. The summed E-state index contributed by atoms with van der Waals surface area (Å²) in [5.74, 6) is 0.799. The number of halogens is 2. The van der Waals surface area contributed by atoms with Crippen LogP contribution in [0.3, 0.4) is 0 Å². The third kappa shape index (κ3) is 4.54. The monoisotopic (exact) mass is 481 g/mol. The molecule has 5 nitrogen and oxygen atoms in total. The van der Waals surface area contributed by atoms with Crippen molar-refractivity contribution >= 4 is 56.5 Å². The van der Waals surface area contributed by atoms with Gasteiger partial charge >= 0.3 is 0 Å². The minimum atomic E-state index is -0.286. The number of benzene rings is 2. The Labute approximate surface area is 180 Å². The molecule has 0 spiro atoms. The minimum absolute atomic E-state index is 0.259. The number of thioether (sulfide) groups is 1. The van der Waals surface area contributed by atoms with Crippen molar-refractivity contribution in [3.05, 3.63) is 61.9 Å². The van der Waals surface area contributed by atoms with E-state index in [2.05, 4.69) is 15.9 Å². The van der Waals surface area contributed by atoms with E-state index in [1.807, 2.05) is 12.1 Å². The third-order valence-electron chi connectivity index (χ3n) is 4.07. The number of likely N-dealkylation sites (N-methyl/N-ethyl adjacent to an activating group) is 1. The molecule has 0 N–H and O–H groups in total. The van der Waals surface area contributed by atoms with Crippen LogP contribution in [0.15, 0.2) is 45.8 Å². The molecule has 146 valence electrons. The van der Waals surface area contributed by atoms with Crippen LogP contribution in [0.2, 0.25) is 5.02 Å². The standard InChI is InChI=1S/C20H17BrClNO4S/c1-3-23-19(24)18(28-20(23)25)9-13-8-16(26-2)17(10-15(13)21)27-11-12-4-6-14(22)7-5-12/h4-10H,3,11H2,1-2H3/b18-9+. The van der Waals surface area contributed by atoms with Gasteiger partial charge in [0.05, 0.1) is 12.0 Å². The van der Waals surface area contributed by atoms with Crippen LogP contribution < -0.4 is 9.47 Å². The Bertz CT molecular complexity index is 946. The molecule has 0 radical (unpaired) electrons. The van der Waals surface area contributed by atoms with Gasteiger partial charge < -0.3 is 9.47 Å². The molecule has 3 rings (SSSR count). The number of hydrogen-bond acceptors (Lipinski definition) is 5. The molecule has 0 saturated carbocycles. The Kier molecular flexibility index (Phi) is 6.69. The van der Waals surface area contributed by atoms with Gasteiger partial charge in [-0.05, 0) is 60.2 Å². The zero-order chi connectivity index (χ0) is 20.3. The van der Waals surface area contributed by atoms with Gasteiger partial charge in [0.15, 0.2) is 11.5 Å². The van der Waals surface area contributed by atoms with E-state index in [0.29, 0.717) is 34.6 Å². The van der Waals surface area contributed by atoms with Gasteiger partial charge in [0.1, 0.15) is 6.61 Å². The molecular formula is C20H17BrClNO4S. The number of carbonyl (C=O) groups is 2. The third-order valence-corrected chi connectivity index (χ3v) is 5.91. The summed E-state index contributed by atoms with van der Waals surface area (Å²) >= 11 is 10.3. The SMILES string of the molecule is CCN1C(=O)S/C(=C/c2cc(OC)c(OCc3ccc(Cl)cc3)cc2Br)C1=O. The molecule has 0 atom stereocenters. The van der Waals surface area contributed by atoms with Crippen LogP contribution >= 0.6 is 39.3 Å². The fraction of sp³-hybridized carbons (Fsp3) is 0.200. The maximum absolute atomic E-state index is 12.3. The lowest BCUT2D eigenvalue weighted by molar-refractivity contribution is -0.122. The minimum Gasteiger partial charge on any atom is -0.493 e. The van der Waals surface area contributed by atoms with E-state index < -0.39 is 0 Å². The summed E-state index contributed by atoms with van der Waals surface area (Å²) in [7, 11) is 1.55. The second-order valence-corrected chi connectivity index (χ2v) is 8.15. The zero-order valence-corrected chi connectivity index (χ0v) is 18.4. The Morgan fingerprint density at radius 2 is 1.89 bits per heavy atom. The van der Waals surface area contributed by atoms with Gasteiger partial charge in [-0.3, -0.25) is 14.5 Å². The highest BCUT2D eigenvalue weighted by atomic mass is 79.9. The number of hydrogen-bond donors (Lipinski definition) is 0. The Balaban J connectivity index is 1.83. The van der Waals surface area contributed by atoms with Gasteiger partial charge in [-0.1, -0.05) is 39.7 Å². The van der Waals surface area contributed by atoms with Crippen molar-refractivity contribution in [1.82, 2.24) is 4.90 Å². The Hall–Kier alpha value is -1.96. The number of nitrogens with zero attached hydrogens (tertiary/aromatic N) is 1. The molecule has 2 amide bonds. The molecule has 2 aromatic carbocycles. The largest absolute Gasteiger partial charge is 0.493 e. The number of imide groups is 1. The zero-order valence-electron chi connectivity index (χ0n) is 15.2. The van der Waals surface area contributed by atoms with Gasteiger partial charge in [0.2, 0.25) is 0 Å². The van der Waals surface area contributed by atoms with Gasteiger partial charge in [-0.2, -0.15) is 0 Å². The molecule has 0 aromatic heterocycles. The summed E-state index contributed by atoms with van der Waals surface area (Å²) in [5, 5.41) is 0.408. The van der Waals surface area contributed by atoms with E-state index in [9.17, 15) is 9.59 Å². The Morgan fingerprint density at radius 1 is 1.18 bits per heavy atom. The van der Waals surface area contributed by atoms with Gasteiger partial charge in [-0.15, -0.1) is 0 Å². The van der Waals surface area contributed by atoms with Crippen molar-refractivity contribution in [2.45, 2.75) is 13.5 Å². The maximum atomic E-state index is 12.3. The molecule has 8 heteroatoms. The number of ether oxygens (including phenoxy) is 2. The summed E-state index contributed by atoms with van der Waals surface area (Å²) in [6.45, 7) is 2.48. The molecule has 0 aliphatic carbocycles. The van der Waals surface area contributed by atoms with E-state index in [1.165, 1.54) is 4.90 Å². The van der Waals surface area contributed by atoms with Gasteiger partial charge in [-0.25, -0.2) is 0 Å². The van der Waals surface area contributed by atoms with E-state index >= 15 is 0 Å². The second kappa shape index (κ2) is 9.03. The fourth-order valence-electron chi connectivity index (χ4n) is 2.59. The highest BCUT2D eigenvalue weighted by molar-refractivity contribution is 9.10. The fourth-order valence-corrected chi connectivity index (χ4v) is 4.05. The average molecular weight is 483 g/mol. The van der Waals surface area contributed by atoms with E-state index in [1.54, 1.807) is 44.4 Å². The highest BCUT2D eigenvalue weighted by Gasteiger charge is 2.33. The van der Waals surface area contributed by atoms with Crippen LogP contribution in [0.4, 0.5) is 4.79 Å². The number of rotatable bonds is 6. The van der Waals surface area contributed by atoms with Crippen molar-refractivity contribution in [3.63, 3.8) is 0 Å². The second-order valence-electron chi connectivity index (χ2n) is 5.87. The lowest BCUT2D eigenvalue weighted by Gasteiger charge is -2.13. The van der Waals surface area contributed by atoms with Crippen LogP contribution in [0.1, 0.15) is 18.1 Å². The van der Waals surface area contributed by atoms with Crippen molar-refractivity contribution in [2.75, 3.05) is 13.7 Å². The number of methoxy groups -OCH3 is 1. The first-order valence-electron chi connectivity index (χ1n) is 8.43. The topological polar surface area (TPSA) is 55.8 Å². The van der Waals surface area contributed by atoms with Crippen molar-refractivity contribution < 1.29 is 19.1 Å². The molecule has 1 aliphatic heterocycles. The lowest BCUT2D eigenvalue weighted by Crippen LogP contribution is -2.27. The molecule has 1 aliphatic rings. The summed E-state index contributed by atoms with van der Waals surface area (Å²) in [4.78, 5) is 25.8. The van der Waals surface area contributed by atoms with E-state index in [0.717, 1.165) is 27.4 Å². The number of amides is 2. The molecule has 0 unspecified atom stereocenters. The van der Waals surface area contributed by atoms with Crippen LogP contribution in [0, 0.1) is 0 Å². The molecular weight excluding hydrogens is 466 g/mol. The van der Waals surface area contributed by atoms with Gasteiger partial charge in [0, 0.05) is 16.0 Å². The highest BCUT2D eigenvalue weighted by Crippen LogP contribution is 2.38. The first-order chi connectivity index (χ1) is 13.4. The molecule has 1 heterocycles. The molecule has 2 aromatic rings. The summed E-state index contributed by atoms with van der Waals surface area (Å²) in [5.41, 5.74) is 1.69. The Morgan fingerprint density at radius 3 is 2.50 bits per heavy atom. The van der Waals surface area contributed by atoms with Crippen LogP contribution in [-0.4, -0.2) is 29.7 Å². The summed E-state index contributed by atoms with van der Waals surface area (Å²) in [6, 6.07) is 10.9. The van der Waals surface area contributed by atoms with Crippen LogP contribution in [0.25, 0.3) is 6.08 Å². The van der Waals surface area contributed by atoms with Crippen LogP contribution in [0.5, 0.6) is 11.5 Å². The van der Waals surface area contributed by atoms with E-state index in [-0.39, 0.29) is 11.1 Å². The quantitative estimate of drug-likeness (QED) is 0.491. The lowest BCUT2D eigenvalue weighted by atomic mass is 10.1.